The highest BCUT2D eigenvalue weighted by molar-refractivity contribution is 5.85. The zero-order valence-electron chi connectivity index (χ0n) is 18.6. The molecule has 0 atom stereocenters. The molecule has 2 N–H and O–H groups in total. The average Bonchev–Trinajstić information content (AvgIpc) is 3.13. The van der Waals surface area contributed by atoms with Gasteiger partial charge in [0.25, 0.3) is 0 Å². The molecule has 0 aromatic carbocycles. The average molecular weight is 408 g/mol. The normalized spacial score (nSPS) is 15.2. The summed E-state index contributed by atoms with van der Waals surface area (Å²) in [5.74, 6) is 1.32. The number of H-pyrrole nitrogens is 1. The maximum absolute atomic E-state index is 5.46. The molecule has 0 bridgehead atoms. The van der Waals surface area contributed by atoms with Gasteiger partial charge in [0.1, 0.15) is 5.82 Å². The zero-order valence-corrected chi connectivity index (χ0v) is 18.6. The predicted octanol–water partition coefficient (Wildman–Crippen LogP) is 4.36. The second-order valence-corrected chi connectivity index (χ2v) is 8.39. The minimum atomic E-state index is 0.381. The van der Waals surface area contributed by atoms with Crippen LogP contribution in [0.5, 0.6) is 0 Å². The number of hydrogen-bond acceptors (Lipinski definition) is 5. The van der Waals surface area contributed by atoms with E-state index in [1.165, 1.54) is 11.1 Å². The van der Waals surface area contributed by atoms with Crippen LogP contribution in [0.15, 0.2) is 24.4 Å². The highest BCUT2D eigenvalue weighted by Gasteiger charge is 2.17. The molecule has 3 aromatic heterocycles. The molecule has 1 fully saturated rings. The first-order valence-electron chi connectivity index (χ1n) is 11.1. The summed E-state index contributed by atoms with van der Waals surface area (Å²) in [6.07, 6.45) is 2.96. The van der Waals surface area contributed by atoms with Gasteiger partial charge in [-0.1, -0.05) is 20.8 Å². The van der Waals surface area contributed by atoms with Gasteiger partial charge in [0.2, 0.25) is 0 Å². The molecule has 160 valence electrons. The Hall–Kier alpha value is -2.44. The molecule has 6 nitrogen and oxygen atoms in total. The number of fused-ring (bicyclic) bond motifs is 1. The lowest BCUT2D eigenvalue weighted by Gasteiger charge is -2.26. The third kappa shape index (κ3) is 4.35. The molecular formula is C24H33N5O. The van der Waals surface area contributed by atoms with Crippen LogP contribution in [-0.2, 0) is 11.2 Å². The van der Waals surface area contributed by atoms with Crippen LogP contribution >= 0.6 is 0 Å². The number of morpholine rings is 1. The standard InChI is InChI=1S/C24H33N5O/c1-5-18-14-21-22(17(4)15-26-21)28-23(18)19-6-7-20(16(2)3)27-24(19)25-8-9-29-10-12-30-13-11-29/h6-7,14-16,26H,5,8-13H2,1-4H3,(H,25,27). The lowest BCUT2D eigenvalue weighted by atomic mass is 10.0. The van der Waals surface area contributed by atoms with Gasteiger partial charge in [-0.15, -0.1) is 0 Å². The van der Waals surface area contributed by atoms with Crippen LogP contribution in [0.1, 0.15) is 43.5 Å². The largest absolute Gasteiger partial charge is 0.379 e. The van der Waals surface area contributed by atoms with E-state index in [0.29, 0.717) is 5.92 Å². The first kappa shape index (κ1) is 20.8. The predicted molar refractivity (Wildman–Crippen MR) is 123 cm³/mol. The monoisotopic (exact) mass is 407 g/mol. The number of aryl methyl sites for hydroxylation is 2. The fourth-order valence-electron chi connectivity index (χ4n) is 4.00. The van der Waals surface area contributed by atoms with Crippen molar-refractivity contribution in [2.75, 3.05) is 44.7 Å². The summed E-state index contributed by atoms with van der Waals surface area (Å²) >= 11 is 0. The minimum Gasteiger partial charge on any atom is -0.379 e. The van der Waals surface area contributed by atoms with Gasteiger partial charge < -0.3 is 15.0 Å². The summed E-state index contributed by atoms with van der Waals surface area (Å²) in [4.78, 5) is 15.8. The number of rotatable bonds is 7. The molecule has 1 saturated heterocycles. The van der Waals surface area contributed by atoms with Gasteiger partial charge in [-0.25, -0.2) is 9.97 Å². The fourth-order valence-corrected chi connectivity index (χ4v) is 4.00. The summed E-state index contributed by atoms with van der Waals surface area (Å²) in [5, 5.41) is 3.62. The molecule has 1 aliphatic heterocycles. The maximum atomic E-state index is 5.46. The summed E-state index contributed by atoms with van der Waals surface area (Å²) in [5.41, 5.74) is 7.76. The quantitative estimate of drug-likeness (QED) is 0.609. The number of aromatic nitrogens is 3. The third-order valence-corrected chi connectivity index (χ3v) is 5.89. The molecule has 0 spiro atoms. The van der Waals surface area contributed by atoms with Gasteiger partial charge >= 0.3 is 0 Å². The Bertz CT molecular complexity index is 1000. The van der Waals surface area contributed by atoms with Crippen LogP contribution in [0.2, 0.25) is 0 Å². The Morgan fingerprint density at radius 1 is 1.20 bits per heavy atom. The van der Waals surface area contributed by atoms with Crippen LogP contribution in [0.3, 0.4) is 0 Å². The lowest BCUT2D eigenvalue weighted by molar-refractivity contribution is 0.0398. The molecule has 4 rings (SSSR count). The molecule has 30 heavy (non-hydrogen) atoms. The van der Waals surface area contributed by atoms with Crippen molar-refractivity contribution in [3.63, 3.8) is 0 Å². The molecule has 0 amide bonds. The van der Waals surface area contributed by atoms with Gasteiger partial charge in [-0.2, -0.15) is 0 Å². The number of hydrogen-bond donors (Lipinski definition) is 2. The van der Waals surface area contributed by atoms with Crippen molar-refractivity contribution in [2.24, 2.45) is 0 Å². The SMILES string of the molecule is CCc1cc2[nH]cc(C)c2nc1-c1ccc(C(C)C)nc1NCCN1CCOCC1. The van der Waals surface area contributed by atoms with Crippen LogP contribution in [0.25, 0.3) is 22.3 Å². The van der Waals surface area contributed by atoms with Crippen molar-refractivity contribution in [3.8, 4) is 11.3 Å². The first-order valence-corrected chi connectivity index (χ1v) is 11.1. The van der Waals surface area contributed by atoms with E-state index in [1.807, 2.05) is 6.20 Å². The van der Waals surface area contributed by atoms with Crippen molar-refractivity contribution in [2.45, 2.75) is 40.0 Å². The molecular weight excluding hydrogens is 374 g/mol. The van der Waals surface area contributed by atoms with Gasteiger partial charge in [0, 0.05) is 43.6 Å². The van der Waals surface area contributed by atoms with Crippen LogP contribution in [0.4, 0.5) is 5.82 Å². The fraction of sp³-hybridized carbons (Fsp3) is 0.500. The van der Waals surface area contributed by atoms with Crippen molar-refractivity contribution in [1.82, 2.24) is 19.9 Å². The summed E-state index contributed by atoms with van der Waals surface area (Å²) in [6, 6.07) is 6.57. The van der Waals surface area contributed by atoms with E-state index in [-0.39, 0.29) is 0 Å². The number of pyridine rings is 2. The van der Waals surface area contributed by atoms with Crippen molar-refractivity contribution in [1.29, 1.82) is 0 Å². The lowest BCUT2D eigenvalue weighted by Crippen LogP contribution is -2.39. The second-order valence-electron chi connectivity index (χ2n) is 8.39. The maximum Gasteiger partial charge on any atom is 0.135 e. The second kappa shape index (κ2) is 9.14. The van der Waals surface area contributed by atoms with E-state index in [9.17, 15) is 0 Å². The summed E-state index contributed by atoms with van der Waals surface area (Å²) in [6.45, 7) is 14.1. The Balaban J connectivity index is 1.68. The van der Waals surface area contributed by atoms with E-state index in [1.54, 1.807) is 0 Å². The van der Waals surface area contributed by atoms with Gasteiger partial charge in [0.05, 0.1) is 29.9 Å². The third-order valence-electron chi connectivity index (χ3n) is 5.89. The molecule has 0 unspecified atom stereocenters. The van der Waals surface area contributed by atoms with Crippen LogP contribution < -0.4 is 5.32 Å². The van der Waals surface area contributed by atoms with E-state index >= 15 is 0 Å². The van der Waals surface area contributed by atoms with E-state index in [0.717, 1.165) is 79.6 Å². The molecule has 1 aliphatic rings. The van der Waals surface area contributed by atoms with Crippen LogP contribution in [-0.4, -0.2) is 59.2 Å². The number of nitrogens with zero attached hydrogens (tertiary/aromatic N) is 3. The number of ether oxygens (including phenoxy) is 1. The van der Waals surface area contributed by atoms with Gasteiger partial charge in [-0.3, -0.25) is 4.90 Å². The van der Waals surface area contributed by atoms with E-state index in [4.69, 9.17) is 14.7 Å². The van der Waals surface area contributed by atoms with Crippen molar-refractivity contribution in [3.05, 3.63) is 41.2 Å². The smallest absolute Gasteiger partial charge is 0.135 e. The molecule has 0 aliphatic carbocycles. The Morgan fingerprint density at radius 2 is 2.00 bits per heavy atom. The Morgan fingerprint density at radius 3 is 2.73 bits per heavy atom. The van der Waals surface area contributed by atoms with Gasteiger partial charge in [-0.05, 0) is 48.6 Å². The van der Waals surface area contributed by atoms with Crippen LogP contribution in [0, 0.1) is 6.92 Å². The number of anilines is 1. The molecule has 4 heterocycles. The molecule has 3 aromatic rings. The van der Waals surface area contributed by atoms with E-state index < -0.39 is 0 Å². The Labute approximate surface area is 179 Å². The first-order chi connectivity index (χ1) is 14.6. The summed E-state index contributed by atoms with van der Waals surface area (Å²) in [7, 11) is 0. The zero-order chi connectivity index (χ0) is 21.1. The highest BCUT2D eigenvalue weighted by Crippen LogP contribution is 2.32. The topological polar surface area (TPSA) is 66.1 Å². The molecule has 0 saturated carbocycles. The molecule has 6 heteroatoms. The van der Waals surface area contributed by atoms with E-state index in [2.05, 4.69) is 61.1 Å². The van der Waals surface area contributed by atoms with Crippen molar-refractivity contribution >= 4 is 16.9 Å². The van der Waals surface area contributed by atoms with Crippen molar-refractivity contribution < 1.29 is 4.74 Å². The number of nitrogens with one attached hydrogen (secondary N) is 2. The highest BCUT2D eigenvalue weighted by atomic mass is 16.5. The minimum absolute atomic E-state index is 0.381. The molecule has 0 radical (unpaired) electrons. The Kier molecular flexibility index (Phi) is 6.35. The van der Waals surface area contributed by atoms with Gasteiger partial charge in [0.15, 0.2) is 0 Å². The number of aromatic amines is 1. The summed E-state index contributed by atoms with van der Waals surface area (Å²) < 4.78 is 5.46.